The molecule has 8 heteroatoms. The van der Waals surface area contributed by atoms with E-state index in [1.54, 1.807) is 6.08 Å². The molecule has 7 nitrogen and oxygen atoms in total. The van der Waals surface area contributed by atoms with Crippen LogP contribution in [0, 0.1) is 0 Å². The molecule has 0 bridgehead atoms. The number of nitrogens with one attached hydrogen (secondary N) is 1. The van der Waals surface area contributed by atoms with E-state index in [2.05, 4.69) is 55.9 Å². The first kappa shape index (κ1) is 20.9. The summed E-state index contributed by atoms with van der Waals surface area (Å²) in [6.45, 7) is 8.73. The lowest BCUT2D eigenvalue weighted by Gasteiger charge is -2.34. The van der Waals surface area contributed by atoms with Crippen LogP contribution < -0.4 is 5.32 Å². The fourth-order valence-corrected chi connectivity index (χ4v) is 4.90. The Kier molecular flexibility index (Phi) is 5.82. The molecule has 1 aromatic heterocycles. The van der Waals surface area contributed by atoms with E-state index in [9.17, 15) is 9.59 Å². The van der Waals surface area contributed by atoms with Crippen molar-refractivity contribution in [1.29, 1.82) is 0 Å². The lowest BCUT2D eigenvalue weighted by molar-refractivity contribution is -0.115. The molecular weight excluding hydrogens is 422 g/mol. The zero-order valence-electron chi connectivity index (χ0n) is 18.0. The average Bonchev–Trinajstić information content (AvgIpc) is 3.36. The van der Waals surface area contributed by atoms with Crippen molar-refractivity contribution in [2.45, 2.75) is 13.5 Å². The Labute approximate surface area is 191 Å². The highest BCUT2D eigenvalue weighted by Crippen LogP contribution is 2.27. The van der Waals surface area contributed by atoms with Gasteiger partial charge in [-0.2, -0.15) is 0 Å². The van der Waals surface area contributed by atoms with Gasteiger partial charge in [-0.15, -0.1) is 0 Å². The zero-order valence-corrected chi connectivity index (χ0v) is 18.8. The molecule has 2 aliphatic rings. The monoisotopic (exact) mass is 447 g/mol. The van der Waals surface area contributed by atoms with E-state index in [4.69, 9.17) is 0 Å². The van der Waals surface area contributed by atoms with Gasteiger partial charge >= 0.3 is 0 Å². The summed E-state index contributed by atoms with van der Waals surface area (Å²) < 4.78 is 2.07. The quantitative estimate of drug-likeness (QED) is 0.604. The van der Waals surface area contributed by atoms with Gasteiger partial charge in [0, 0.05) is 38.4 Å². The first-order valence-electron chi connectivity index (χ1n) is 10.8. The third-order valence-electron chi connectivity index (χ3n) is 6.02. The van der Waals surface area contributed by atoms with Gasteiger partial charge in [0.05, 0.1) is 15.9 Å². The highest BCUT2D eigenvalue weighted by Gasteiger charge is 2.25. The van der Waals surface area contributed by atoms with E-state index in [0.29, 0.717) is 4.91 Å². The van der Waals surface area contributed by atoms with Gasteiger partial charge in [-0.1, -0.05) is 25.1 Å². The number of aromatic nitrogens is 2. The number of fused-ring (bicyclic) bond motifs is 1. The molecule has 2 aliphatic heterocycles. The maximum absolute atomic E-state index is 11.9. The molecule has 0 radical (unpaired) electrons. The predicted octanol–water partition coefficient (Wildman–Crippen LogP) is 3.49. The van der Waals surface area contributed by atoms with Crippen molar-refractivity contribution in [3.05, 3.63) is 64.8 Å². The second-order valence-corrected chi connectivity index (χ2v) is 9.11. The minimum atomic E-state index is -0.346. The number of carbonyl (C=O) groups excluding carboxylic acids is 2. The molecule has 0 saturated carbocycles. The topological polar surface area (TPSA) is 70.5 Å². The molecule has 0 unspecified atom stereocenters. The van der Waals surface area contributed by atoms with Gasteiger partial charge < -0.3 is 4.90 Å². The van der Waals surface area contributed by atoms with Crippen LogP contribution in [-0.4, -0.2) is 63.2 Å². The van der Waals surface area contributed by atoms with E-state index < -0.39 is 0 Å². The molecule has 1 N–H and O–H groups in total. The van der Waals surface area contributed by atoms with Gasteiger partial charge in [-0.05, 0) is 59.8 Å². The van der Waals surface area contributed by atoms with Crippen molar-refractivity contribution in [2.24, 2.45) is 0 Å². The third-order valence-corrected chi connectivity index (χ3v) is 6.83. The van der Waals surface area contributed by atoms with Crippen LogP contribution in [0.4, 0.5) is 4.79 Å². The second kappa shape index (κ2) is 8.90. The summed E-state index contributed by atoms with van der Waals surface area (Å²) in [5, 5.41) is 1.96. The number of rotatable bonds is 5. The Hall–Kier alpha value is -2.94. The number of amides is 2. The Morgan fingerprint density at radius 2 is 1.88 bits per heavy atom. The Morgan fingerprint density at radius 3 is 2.62 bits per heavy atom. The normalized spacial score (nSPS) is 19.2. The molecule has 2 saturated heterocycles. The number of nitrogens with zero attached hydrogens (tertiary/aromatic N) is 4. The highest BCUT2D eigenvalue weighted by atomic mass is 32.2. The maximum atomic E-state index is 11.9. The van der Waals surface area contributed by atoms with Gasteiger partial charge in [0.2, 0.25) is 0 Å². The molecule has 0 aliphatic carbocycles. The minimum absolute atomic E-state index is 0.333. The van der Waals surface area contributed by atoms with Gasteiger partial charge in [0.15, 0.2) is 0 Å². The molecule has 0 spiro atoms. The van der Waals surface area contributed by atoms with Crippen LogP contribution >= 0.6 is 11.8 Å². The highest BCUT2D eigenvalue weighted by molar-refractivity contribution is 8.18. The minimum Gasteiger partial charge on any atom is -0.301 e. The first-order valence-corrected chi connectivity index (χ1v) is 11.7. The number of carbonyl (C=O) groups is 2. The van der Waals surface area contributed by atoms with E-state index in [1.165, 1.54) is 5.56 Å². The molecule has 2 fully saturated rings. The Balaban J connectivity index is 1.40. The van der Waals surface area contributed by atoms with Crippen LogP contribution in [0.15, 0.2) is 53.7 Å². The number of imide groups is 1. The van der Waals surface area contributed by atoms with Crippen LogP contribution in [0.1, 0.15) is 18.1 Å². The van der Waals surface area contributed by atoms with Crippen LogP contribution in [-0.2, 0) is 11.3 Å². The summed E-state index contributed by atoms with van der Waals surface area (Å²) >= 11 is 0.928. The van der Waals surface area contributed by atoms with Crippen molar-refractivity contribution in [3.8, 4) is 5.69 Å². The summed E-state index contributed by atoms with van der Waals surface area (Å²) in [5.41, 5.74) is 5.04. The largest absolute Gasteiger partial charge is 0.301 e. The van der Waals surface area contributed by atoms with Crippen molar-refractivity contribution < 1.29 is 9.59 Å². The Bertz CT molecular complexity index is 1210. The first-order chi connectivity index (χ1) is 15.6. The van der Waals surface area contributed by atoms with Crippen LogP contribution in [0.2, 0.25) is 0 Å². The number of piperazine rings is 1. The third kappa shape index (κ3) is 4.34. The fraction of sp³-hybridized carbons (Fsp3) is 0.292. The van der Waals surface area contributed by atoms with Crippen molar-refractivity contribution >= 4 is 40.0 Å². The Morgan fingerprint density at radius 1 is 1.06 bits per heavy atom. The van der Waals surface area contributed by atoms with Gasteiger partial charge in [0.1, 0.15) is 6.33 Å². The molecule has 3 aromatic rings. The van der Waals surface area contributed by atoms with Crippen LogP contribution in [0.5, 0.6) is 0 Å². The number of likely N-dealkylation sites (N-methyl/N-ethyl adjacent to an activating group) is 1. The molecule has 32 heavy (non-hydrogen) atoms. The summed E-state index contributed by atoms with van der Waals surface area (Å²) in [6, 6.07) is 14.4. The fourth-order valence-electron chi connectivity index (χ4n) is 4.22. The molecule has 5 rings (SSSR count). The van der Waals surface area contributed by atoms with Crippen LogP contribution in [0.3, 0.4) is 0 Å². The number of imidazole rings is 1. The summed E-state index contributed by atoms with van der Waals surface area (Å²) in [7, 11) is 0. The lowest BCUT2D eigenvalue weighted by atomic mass is 10.1. The SMILES string of the molecule is CCN1CCN(Cc2cccc(-n3cnc4ccc(/C=C5\SC(=O)NC5=O)cc43)c2)CC1. The number of benzene rings is 2. The molecule has 3 heterocycles. The lowest BCUT2D eigenvalue weighted by Crippen LogP contribution is -2.45. The molecular formula is C24H25N5O2S. The van der Waals surface area contributed by atoms with E-state index >= 15 is 0 Å². The summed E-state index contributed by atoms with van der Waals surface area (Å²) in [6.07, 6.45) is 3.58. The summed E-state index contributed by atoms with van der Waals surface area (Å²) in [5.74, 6) is -0.346. The van der Waals surface area contributed by atoms with Crippen molar-refractivity contribution in [2.75, 3.05) is 32.7 Å². The summed E-state index contributed by atoms with van der Waals surface area (Å²) in [4.78, 5) is 33.3. The smallest absolute Gasteiger partial charge is 0.290 e. The molecule has 164 valence electrons. The van der Waals surface area contributed by atoms with E-state index in [1.807, 2.05) is 24.5 Å². The zero-order chi connectivity index (χ0) is 22.1. The van der Waals surface area contributed by atoms with Gasteiger partial charge in [0.25, 0.3) is 11.1 Å². The second-order valence-electron chi connectivity index (χ2n) is 8.10. The van der Waals surface area contributed by atoms with E-state index in [0.717, 1.165) is 73.3 Å². The standard InChI is InChI=1S/C24H25N5O2S/c1-2-27-8-10-28(11-9-27)15-18-4-3-5-19(12-18)29-16-25-20-7-6-17(13-21(20)29)14-22-23(30)26-24(31)32-22/h3-7,12-14,16H,2,8-11,15H2,1H3,(H,26,30,31)/b22-14-. The maximum Gasteiger partial charge on any atom is 0.290 e. The van der Waals surface area contributed by atoms with Gasteiger partial charge in [-0.25, -0.2) is 4.98 Å². The predicted molar refractivity (Wildman–Crippen MR) is 128 cm³/mol. The number of hydrogen-bond donors (Lipinski definition) is 1. The van der Waals surface area contributed by atoms with E-state index in [-0.39, 0.29) is 11.1 Å². The van der Waals surface area contributed by atoms with Crippen molar-refractivity contribution in [3.63, 3.8) is 0 Å². The number of thioether (sulfide) groups is 1. The number of hydrogen-bond acceptors (Lipinski definition) is 6. The molecule has 0 atom stereocenters. The molecule has 2 amide bonds. The van der Waals surface area contributed by atoms with Crippen LogP contribution in [0.25, 0.3) is 22.8 Å². The van der Waals surface area contributed by atoms with Gasteiger partial charge in [-0.3, -0.25) is 24.4 Å². The average molecular weight is 448 g/mol. The van der Waals surface area contributed by atoms with Crippen molar-refractivity contribution in [1.82, 2.24) is 24.7 Å². The molecule has 2 aromatic carbocycles.